The fraction of sp³-hybridized carbons (Fsp3) is 0.143. The third-order valence-electron chi connectivity index (χ3n) is 2.54. The molecule has 0 aliphatic rings. The van der Waals surface area contributed by atoms with Gasteiger partial charge in [0.2, 0.25) is 0 Å². The van der Waals surface area contributed by atoms with Gasteiger partial charge in [0.15, 0.2) is 0 Å². The summed E-state index contributed by atoms with van der Waals surface area (Å²) in [5.74, 6) is 0.823. The minimum Gasteiger partial charge on any atom is -0.488 e. The Hall–Kier alpha value is -0.580. The van der Waals surface area contributed by atoms with Gasteiger partial charge < -0.3 is 4.74 Å². The molecule has 0 amide bonds. The van der Waals surface area contributed by atoms with Crippen molar-refractivity contribution in [3.63, 3.8) is 0 Å². The van der Waals surface area contributed by atoms with Crippen molar-refractivity contribution in [1.29, 1.82) is 0 Å². The van der Waals surface area contributed by atoms with Crippen LogP contribution in [0.3, 0.4) is 0 Å². The summed E-state index contributed by atoms with van der Waals surface area (Å²) >= 11 is 12.5. The van der Waals surface area contributed by atoms with Crippen LogP contribution in [0.15, 0.2) is 45.3 Å². The summed E-state index contributed by atoms with van der Waals surface area (Å²) in [4.78, 5) is 0. The van der Waals surface area contributed by atoms with Gasteiger partial charge in [0.05, 0.1) is 4.47 Å². The van der Waals surface area contributed by atoms with E-state index < -0.39 is 0 Å². The van der Waals surface area contributed by atoms with Crippen LogP contribution in [-0.4, -0.2) is 0 Å². The molecular weight excluding hydrogens is 398 g/mol. The smallest absolute Gasteiger partial charge is 0.134 e. The first-order valence-corrected chi connectivity index (χ1v) is 7.63. The van der Waals surface area contributed by atoms with Crippen molar-refractivity contribution >= 4 is 43.5 Å². The van der Waals surface area contributed by atoms with E-state index in [4.69, 9.17) is 16.3 Å². The van der Waals surface area contributed by atoms with Crippen LogP contribution < -0.4 is 4.74 Å². The summed E-state index contributed by atoms with van der Waals surface area (Å²) in [6.07, 6.45) is 0. The Morgan fingerprint density at radius 1 is 1.11 bits per heavy atom. The molecule has 0 spiro atoms. The molecule has 2 aromatic rings. The normalized spacial score (nSPS) is 10.5. The number of hydrogen-bond donors (Lipinski definition) is 0. The average Bonchev–Trinajstić information content (AvgIpc) is 2.40. The second kappa shape index (κ2) is 6.73. The molecule has 0 saturated carbocycles. The fourth-order valence-corrected chi connectivity index (χ4v) is 2.67. The maximum Gasteiger partial charge on any atom is 0.134 e. The molecule has 0 atom stereocenters. The van der Waals surface area contributed by atoms with E-state index in [9.17, 15) is 4.39 Å². The number of halogens is 4. The molecule has 5 heteroatoms. The predicted molar refractivity (Wildman–Crippen MR) is 82.1 cm³/mol. The fourth-order valence-electron chi connectivity index (χ4n) is 1.55. The first kappa shape index (κ1) is 14.8. The summed E-state index contributed by atoms with van der Waals surface area (Å²) in [7, 11) is 0. The lowest BCUT2D eigenvalue weighted by atomic mass is 10.2. The Kier molecular flexibility index (Phi) is 5.25. The Balaban J connectivity index is 2.12. The van der Waals surface area contributed by atoms with Crippen LogP contribution >= 0.6 is 43.5 Å². The average molecular weight is 408 g/mol. The SMILES string of the molecule is Fc1ccc(Br)cc1COc1ccc(CCl)cc1Br. The second-order valence-corrected chi connectivity index (χ2v) is 5.96. The Labute approximate surface area is 133 Å². The van der Waals surface area contributed by atoms with Gasteiger partial charge in [-0.15, -0.1) is 11.6 Å². The zero-order valence-electron chi connectivity index (χ0n) is 9.80. The number of hydrogen-bond acceptors (Lipinski definition) is 1. The van der Waals surface area contributed by atoms with Crippen LogP contribution in [0, 0.1) is 5.82 Å². The number of alkyl halides is 1. The van der Waals surface area contributed by atoms with Gasteiger partial charge in [-0.3, -0.25) is 0 Å². The van der Waals surface area contributed by atoms with Crippen molar-refractivity contribution in [1.82, 2.24) is 0 Å². The highest BCUT2D eigenvalue weighted by molar-refractivity contribution is 9.10. The number of rotatable bonds is 4. The van der Waals surface area contributed by atoms with Crippen molar-refractivity contribution in [2.75, 3.05) is 0 Å². The van der Waals surface area contributed by atoms with Gasteiger partial charge in [-0.25, -0.2) is 4.39 Å². The Bertz CT molecular complexity index is 590. The molecule has 0 aromatic heterocycles. The molecule has 0 radical (unpaired) electrons. The molecule has 0 N–H and O–H groups in total. The zero-order valence-corrected chi connectivity index (χ0v) is 13.7. The molecule has 19 heavy (non-hydrogen) atoms. The van der Waals surface area contributed by atoms with E-state index in [0.717, 1.165) is 14.5 Å². The van der Waals surface area contributed by atoms with Crippen molar-refractivity contribution < 1.29 is 9.13 Å². The van der Waals surface area contributed by atoms with Crippen LogP contribution in [-0.2, 0) is 12.5 Å². The van der Waals surface area contributed by atoms with E-state index in [0.29, 0.717) is 17.2 Å². The molecule has 0 aliphatic heterocycles. The largest absolute Gasteiger partial charge is 0.488 e. The summed E-state index contributed by atoms with van der Waals surface area (Å²) in [6.45, 7) is 0.171. The molecule has 0 fully saturated rings. The lowest BCUT2D eigenvalue weighted by Gasteiger charge is -2.10. The molecule has 0 saturated heterocycles. The number of benzene rings is 2. The third kappa shape index (κ3) is 3.94. The molecular formula is C14H10Br2ClFO. The highest BCUT2D eigenvalue weighted by atomic mass is 79.9. The highest BCUT2D eigenvalue weighted by Crippen LogP contribution is 2.28. The molecule has 1 nitrogen and oxygen atoms in total. The minimum absolute atomic E-state index is 0.171. The summed E-state index contributed by atoms with van der Waals surface area (Å²) < 4.78 is 20.8. The Morgan fingerprint density at radius 3 is 2.58 bits per heavy atom. The maximum absolute atomic E-state index is 13.6. The van der Waals surface area contributed by atoms with Crippen molar-refractivity contribution in [2.24, 2.45) is 0 Å². The van der Waals surface area contributed by atoms with Crippen molar-refractivity contribution in [3.05, 3.63) is 62.3 Å². The standard InChI is InChI=1S/C14H10Br2ClFO/c15-11-2-3-13(18)10(6-11)8-19-14-4-1-9(7-17)5-12(14)16/h1-6H,7-8H2. The van der Waals surface area contributed by atoms with Gasteiger partial charge >= 0.3 is 0 Å². The van der Waals surface area contributed by atoms with Gasteiger partial charge in [0.25, 0.3) is 0 Å². The van der Waals surface area contributed by atoms with Crippen molar-refractivity contribution in [3.8, 4) is 5.75 Å². The third-order valence-corrected chi connectivity index (χ3v) is 3.96. The molecule has 0 unspecified atom stereocenters. The highest BCUT2D eigenvalue weighted by Gasteiger charge is 2.06. The topological polar surface area (TPSA) is 9.23 Å². The van der Waals surface area contributed by atoms with Gasteiger partial charge in [-0.2, -0.15) is 0 Å². The predicted octanol–water partition coefficient (Wildman–Crippen LogP) is 5.67. The second-order valence-electron chi connectivity index (χ2n) is 3.92. The van der Waals surface area contributed by atoms with Crippen LogP contribution in [0.2, 0.25) is 0 Å². The monoisotopic (exact) mass is 406 g/mol. The van der Waals surface area contributed by atoms with Crippen LogP contribution in [0.5, 0.6) is 5.75 Å². The van der Waals surface area contributed by atoms with E-state index in [1.165, 1.54) is 6.07 Å². The minimum atomic E-state index is -0.281. The van der Waals surface area contributed by atoms with Crippen LogP contribution in [0.1, 0.15) is 11.1 Å². The maximum atomic E-state index is 13.6. The Morgan fingerprint density at radius 2 is 1.89 bits per heavy atom. The van der Waals surface area contributed by atoms with E-state index in [1.807, 2.05) is 18.2 Å². The molecule has 0 aliphatic carbocycles. The number of ether oxygens (including phenoxy) is 1. The summed E-state index contributed by atoms with van der Waals surface area (Å²) in [6, 6.07) is 10.4. The van der Waals surface area contributed by atoms with E-state index >= 15 is 0 Å². The molecule has 0 bridgehead atoms. The zero-order chi connectivity index (χ0) is 13.8. The summed E-state index contributed by atoms with van der Waals surface area (Å²) in [5, 5.41) is 0. The van der Waals surface area contributed by atoms with Gasteiger partial charge in [-0.05, 0) is 51.8 Å². The van der Waals surface area contributed by atoms with Gasteiger partial charge in [0, 0.05) is 15.9 Å². The lowest BCUT2D eigenvalue weighted by Crippen LogP contribution is -1.99. The lowest BCUT2D eigenvalue weighted by molar-refractivity contribution is 0.298. The molecule has 2 rings (SSSR count). The molecule has 100 valence electrons. The van der Waals surface area contributed by atoms with Gasteiger partial charge in [-0.1, -0.05) is 22.0 Å². The van der Waals surface area contributed by atoms with Crippen LogP contribution in [0.25, 0.3) is 0 Å². The quantitative estimate of drug-likeness (QED) is 0.593. The first-order valence-electron chi connectivity index (χ1n) is 5.51. The molecule has 0 heterocycles. The summed E-state index contributed by atoms with van der Waals surface area (Å²) in [5.41, 5.74) is 1.50. The molecule has 2 aromatic carbocycles. The van der Waals surface area contributed by atoms with E-state index in [1.54, 1.807) is 12.1 Å². The van der Waals surface area contributed by atoms with E-state index in [-0.39, 0.29) is 12.4 Å². The first-order chi connectivity index (χ1) is 9.10. The van der Waals surface area contributed by atoms with Gasteiger partial charge in [0.1, 0.15) is 18.2 Å². The van der Waals surface area contributed by atoms with Crippen LogP contribution in [0.4, 0.5) is 4.39 Å². The van der Waals surface area contributed by atoms with E-state index in [2.05, 4.69) is 31.9 Å². The van der Waals surface area contributed by atoms with Crippen molar-refractivity contribution in [2.45, 2.75) is 12.5 Å².